The van der Waals surface area contributed by atoms with Crippen LogP contribution in [0.1, 0.15) is 23.1 Å². The lowest BCUT2D eigenvalue weighted by atomic mass is 10.1. The van der Waals surface area contributed by atoms with E-state index in [0.29, 0.717) is 12.4 Å². The highest BCUT2D eigenvalue weighted by Gasteiger charge is 2.15. The van der Waals surface area contributed by atoms with Crippen molar-refractivity contribution in [2.24, 2.45) is 5.84 Å². The van der Waals surface area contributed by atoms with Crippen LogP contribution in [0.4, 0.5) is 14.5 Å². The summed E-state index contributed by atoms with van der Waals surface area (Å²) >= 11 is 0. The summed E-state index contributed by atoms with van der Waals surface area (Å²) in [5.41, 5.74) is 1.26. The minimum absolute atomic E-state index is 0.104. The number of halogens is 2. The molecule has 1 aromatic heterocycles. The van der Waals surface area contributed by atoms with Crippen LogP contribution in [0.2, 0.25) is 0 Å². The highest BCUT2D eigenvalue weighted by Crippen LogP contribution is 2.19. The molecule has 0 saturated heterocycles. The fourth-order valence-electron chi connectivity index (χ4n) is 1.78. The van der Waals surface area contributed by atoms with Crippen LogP contribution >= 0.6 is 0 Å². The number of nitrogens with two attached hydrogens (primary N) is 1. The number of hydrogen-bond acceptors (Lipinski definition) is 5. The van der Waals surface area contributed by atoms with Crippen molar-refractivity contribution in [1.82, 2.24) is 20.1 Å². The Labute approximate surface area is 119 Å². The second-order valence-corrected chi connectivity index (χ2v) is 4.18. The number of hydrazine groups is 1. The molecule has 2 aromatic rings. The second-order valence-electron chi connectivity index (χ2n) is 4.18. The average Bonchev–Trinajstić information content (AvgIpc) is 2.91. The van der Waals surface area contributed by atoms with Crippen molar-refractivity contribution in [1.29, 1.82) is 0 Å². The van der Waals surface area contributed by atoms with Gasteiger partial charge in [-0.25, -0.2) is 8.78 Å². The van der Waals surface area contributed by atoms with E-state index in [2.05, 4.69) is 15.5 Å². The van der Waals surface area contributed by atoms with E-state index in [-0.39, 0.29) is 12.1 Å². The Bertz CT molecular complexity index is 634. The van der Waals surface area contributed by atoms with E-state index in [0.717, 1.165) is 12.1 Å². The SMILES string of the molecule is CCn1cnnc1CNC(=O)c1cc(F)c(NN)c(F)c1. The molecular formula is C12H14F2N6O. The summed E-state index contributed by atoms with van der Waals surface area (Å²) in [6.07, 6.45) is 1.53. The van der Waals surface area contributed by atoms with E-state index in [9.17, 15) is 13.6 Å². The summed E-state index contributed by atoms with van der Waals surface area (Å²) in [6.45, 7) is 2.66. The molecule has 0 unspecified atom stereocenters. The average molecular weight is 296 g/mol. The summed E-state index contributed by atoms with van der Waals surface area (Å²) in [7, 11) is 0. The summed E-state index contributed by atoms with van der Waals surface area (Å²) in [5.74, 6) is 3.02. The van der Waals surface area contributed by atoms with Gasteiger partial charge in [0.2, 0.25) is 0 Å². The quantitative estimate of drug-likeness (QED) is 0.560. The molecule has 0 bridgehead atoms. The number of rotatable bonds is 5. The Hall–Kier alpha value is -2.55. The molecule has 112 valence electrons. The first kappa shape index (κ1) is 14.9. The van der Waals surface area contributed by atoms with Crippen molar-refractivity contribution in [3.63, 3.8) is 0 Å². The maximum atomic E-state index is 13.5. The summed E-state index contributed by atoms with van der Waals surface area (Å²) in [5, 5.41) is 10.1. The number of nitrogens with zero attached hydrogens (tertiary/aromatic N) is 3. The molecule has 9 heteroatoms. The molecule has 0 fully saturated rings. The minimum atomic E-state index is -0.945. The maximum Gasteiger partial charge on any atom is 0.251 e. The van der Waals surface area contributed by atoms with Gasteiger partial charge in [-0.1, -0.05) is 0 Å². The van der Waals surface area contributed by atoms with E-state index >= 15 is 0 Å². The van der Waals surface area contributed by atoms with Crippen LogP contribution in [0.15, 0.2) is 18.5 Å². The Morgan fingerprint density at radius 1 is 1.38 bits per heavy atom. The zero-order valence-corrected chi connectivity index (χ0v) is 11.2. The van der Waals surface area contributed by atoms with Gasteiger partial charge in [0.25, 0.3) is 5.91 Å². The fraction of sp³-hybridized carbons (Fsp3) is 0.250. The predicted octanol–water partition coefficient (Wildman–Crippen LogP) is 0.792. The van der Waals surface area contributed by atoms with Crippen LogP contribution in [-0.4, -0.2) is 20.7 Å². The molecule has 0 aliphatic rings. The third-order valence-corrected chi connectivity index (χ3v) is 2.89. The Morgan fingerprint density at radius 2 is 2.05 bits per heavy atom. The molecule has 1 amide bonds. The van der Waals surface area contributed by atoms with Gasteiger partial charge >= 0.3 is 0 Å². The molecule has 1 heterocycles. The minimum Gasteiger partial charge on any atom is -0.345 e. The maximum absolute atomic E-state index is 13.5. The first-order valence-electron chi connectivity index (χ1n) is 6.17. The molecule has 0 atom stereocenters. The molecule has 0 radical (unpaired) electrons. The molecule has 7 nitrogen and oxygen atoms in total. The van der Waals surface area contributed by atoms with Crippen LogP contribution in [0.25, 0.3) is 0 Å². The van der Waals surface area contributed by atoms with E-state index < -0.39 is 23.2 Å². The summed E-state index contributed by atoms with van der Waals surface area (Å²) in [4.78, 5) is 11.9. The molecule has 0 spiro atoms. The third kappa shape index (κ3) is 3.14. The molecular weight excluding hydrogens is 282 g/mol. The standard InChI is InChI=1S/C12H14F2N6O/c1-2-20-6-17-19-10(20)5-16-12(21)7-3-8(13)11(18-15)9(14)4-7/h3-4,6,18H,2,5,15H2,1H3,(H,16,21). The zero-order valence-electron chi connectivity index (χ0n) is 11.2. The van der Waals surface area contributed by atoms with Gasteiger partial charge in [-0.15, -0.1) is 10.2 Å². The van der Waals surface area contributed by atoms with Gasteiger partial charge in [-0.3, -0.25) is 10.6 Å². The molecule has 0 aliphatic heterocycles. The highest BCUT2D eigenvalue weighted by molar-refractivity contribution is 5.94. The molecule has 4 N–H and O–H groups in total. The number of nitrogens with one attached hydrogen (secondary N) is 2. The Kier molecular flexibility index (Phi) is 4.43. The van der Waals surface area contributed by atoms with Gasteiger partial charge in [0.1, 0.15) is 12.0 Å². The number of aryl methyl sites for hydroxylation is 1. The lowest BCUT2D eigenvalue weighted by molar-refractivity contribution is 0.0948. The van der Waals surface area contributed by atoms with E-state index in [1.807, 2.05) is 12.3 Å². The van der Waals surface area contributed by atoms with Crippen LogP contribution < -0.4 is 16.6 Å². The van der Waals surface area contributed by atoms with Crippen LogP contribution in [0.3, 0.4) is 0 Å². The first-order valence-corrected chi connectivity index (χ1v) is 6.17. The van der Waals surface area contributed by atoms with E-state index in [1.165, 1.54) is 6.33 Å². The van der Waals surface area contributed by atoms with Gasteiger partial charge in [0.15, 0.2) is 17.5 Å². The zero-order chi connectivity index (χ0) is 15.4. The van der Waals surface area contributed by atoms with Crippen LogP contribution in [-0.2, 0) is 13.1 Å². The van der Waals surface area contributed by atoms with Gasteiger partial charge < -0.3 is 15.3 Å². The summed E-state index contributed by atoms with van der Waals surface area (Å²) in [6, 6.07) is 1.80. The largest absolute Gasteiger partial charge is 0.345 e. The number of hydrogen-bond donors (Lipinski definition) is 3. The smallest absolute Gasteiger partial charge is 0.251 e. The van der Waals surface area contributed by atoms with Gasteiger partial charge in [0, 0.05) is 12.1 Å². The lowest BCUT2D eigenvalue weighted by Gasteiger charge is -2.08. The number of anilines is 1. The molecule has 1 aromatic carbocycles. The number of carbonyl (C=O) groups excluding carboxylic acids is 1. The Morgan fingerprint density at radius 3 is 2.62 bits per heavy atom. The van der Waals surface area contributed by atoms with E-state index in [4.69, 9.17) is 5.84 Å². The normalized spacial score (nSPS) is 10.5. The van der Waals surface area contributed by atoms with Crippen molar-refractivity contribution in [3.05, 3.63) is 41.5 Å². The van der Waals surface area contributed by atoms with Crippen molar-refractivity contribution in [3.8, 4) is 0 Å². The molecule has 21 heavy (non-hydrogen) atoms. The van der Waals surface area contributed by atoms with Gasteiger partial charge in [0.05, 0.1) is 6.54 Å². The van der Waals surface area contributed by atoms with E-state index in [1.54, 1.807) is 4.57 Å². The first-order chi connectivity index (χ1) is 10.1. The van der Waals surface area contributed by atoms with Crippen LogP contribution in [0.5, 0.6) is 0 Å². The molecule has 2 rings (SSSR count). The topological polar surface area (TPSA) is 97.9 Å². The number of carbonyl (C=O) groups is 1. The lowest BCUT2D eigenvalue weighted by Crippen LogP contribution is -2.25. The molecule has 0 saturated carbocycles. The van der Waals surface area contributed by atoms with Crippen LogP contribution in [0, 0.1) is 11.6 Å². The highest BCUT2D eigenvalue weighted by atomic mass is 19.1. The number of benzene rings is 1. The Balaban J connectivity index is 2.10. The van der Waals surface area contributed by atoms with Crippen molar-refractivity contribution >= 4 is 11.6 Å². The monoisotopic (exact) mass is 296 g/mol. The third-order valence-electron chi connectivity index (χ3n) is 2.89. The summed E-state index contributed by atoms with van der Waals surface area (Å²) < 4.78 is 28.8. The fourth-order valence-corrected chi connectivity index (χ4v) is 1.78. The van der Waals surface area contributed by atoms with Gasteiger partial charge in [-0.2, -0.15) is 0 Å². The number of nitrogen functional groups attached to an aromatic ring is 1. The predicted molar refractivity (Wildman–Crippen MR) is 71.0 cm³/mol. The number of aromatic nitrogens is 3. The van der Waals surface area contributed by atoms with Crippen molar-refractivity contribution in [2.45, 2.75) is 20.0 Å². The molecule has 0 aliphatic carbocycles. The number of amides is 1. The van der Waals surface area contributed by atoms with Gasteiger partial charge in [-0.05, 0) is 19.1 Å². The van der Waals surface area contributed by atoms with Crippen molar-refractivity contribution in [2.75, 3.05) is 5.43 Å². The van der Waals surface area contributed by atoms with Crippen molar-refractivity contribution < 1.29 is 13.6 Å². The second kappa shape index (κ2) is 6.27.